The molecule has 2 aliphatic rings. The maximum atomic E-state index is 12.7. The van der Waals surface area contributed by atoms with Gasteiger partial charge in [-0.05, 0) is 37.4 Å². The van der Waals surface area contributed by atoms with E-state index < -0.39 is 12.0 Å². The normalized spacial score (nSPS) is 22.0. The molecule has 0 aromatic carbocycles. The lowest BCUT2D eigenvalue weighted by Gasteiger charge is -2.32. The van der Waals surface area contributed by atoms with E-state index in [1.165, 1.54) is 11.0 Å². The van der Waals surface area contributed by atoms with Crippen LogP contribution in [0.3, 0.4) is 0 Å². The van der Waals surface area contributed by atoms with Gasteiger partial charge in [-0.25, -0.2) is 9.97 Å². The highest BCUT2D eigenvalue weighted by Crippen LogP contribution is 2.41. The summed E-state index contributed by atoms with van der Waals surface area (Å²) in [5.74, 6) is -1.33. The SMILES string of the molecule is O=C1CC2(CCNCC2)CN1c1ccnc(C(F)(F)F)n1. The van der Waals surface area contributed by atoms with Gasteiger partial charge in [0.05, 0.1) is 0 Å². The van der Waals surface area contributed by atoms with Crippen LogP contribution in [-0.2, 0) is 11.0 Å². The lowest BCUT2D eigenvalue weighted by atomic mass is 9.78. The predicted molar refractivity (Wildman–Crippen MR) is 68.5 cm³/mol. The largest absolute Gasteiger partial charge is 0.451 e. The molecule has 1 aromatic heterocycles. The van der Waals surface area contributed by atoms with Crippen molar-refractivity contribution in [3.8, 4) is 0 Å². The van der Waals surface area contributed by atoms with Crippen molar-refractivity contribution in [3.63, 3.8) is 0 Å². The minimum absolute atomic E-state index is 0.0396. The van der Waals surface area contributed by atoms with Gasteiger partial charge in [0.1, 0.15) is 5.82 Å². The number of nitrogens with one attached hydrogen (secondary N) is 1. The fourth-order valence-corrected chi connectivity index (χ4v) is 3.03. The third kappa shape index (κ3) is 2.72. The Balaban J connectivity index is 1.86. The zero-order chi connectivity index (χ0) is 15.1. The van der Waals surface area contributed by atoms with Gasteiger partial charge >= 0.3 is 6.18 Å². The standard InChI is InChI=1S/C13H15F3N4O/c14-13(15,16)11-18-4-1-9(19-11)20-8-12(7-10(20)21)2-5-17-6-3-12/h1,4,17H,2-3,5-8H2. The fraction of sp³-hybridized carbons (Fsp3) is 0.615. The monoisotopic (exact) mass is 300 g/mol. The Morgan fingerprint density at radius 3 is 2.67 bits per heavy atom. The molecule has 1 N–H and O–H groups in total. The number of hydrogen-bond donors (Lipinski definition) is 1. The Bertz CT molecular complexity index is 555. The second-order valence-electron chi connectivity index (χ2n) is 5.64. The Labute approximate surface area is 119 Å². The van der Waals surface area contributed by atoms with Gasteiger partial charge in [-0.2, -0.15) is 13.2 Å². The van der Waals surface area contributed by atoms with E-state index in [1.807, 2.05) is 0 Å². The number of hydrogen-bond acceptors (Lipinski definition) is 4. The van der Waals surface area contributed by atoms with E-state index in [0.717, 1.165) is 32.1 Å². The van der Waals surface area contributed by atoms with Gasteiger partial charge in [0.25, 0.3) is 0 Å². The number of halogens is 3. The molecule has 2 saturated heterocycles. The first kappa shape index (κ1) is 14.2. The number of alkyl halides is 3. The summed E-state index contributed by atoms with van der Waals surface area (Å²) in [6.07, 6.45) is -1.48. The van der Waals surface area contributed by atoms with Crippen LogP contribution in [0.2, 0.25) is 0 Å². The first-order valence-corrected chi connectivity index (χ1v) is 6.81. The molecule has 1 aromatic rings. The van der Waals surface area contributed by atoms with Gasteiger partial charge in [0, 0.05) is 19.2 Å². The molecular weight excluding hydrogens is 285 g/mol. The molecule has 1 spiro atoms. The molecule has 0 atom stereocenters. The Morgan fingerprint density at radius 2 is 2.00 bits per heavy atom. The molecule has 1 amide bonds. The van der Waals surface area contributed by atoms with Crippen molar-refractivity contribution in [2.75, 3.05) is 24.5 Å². The molecule has 2 fully saturated rings. The van der Waals surface area contributed by atoms with Crippen LogP contribution < -0.4 is 10.2 Å². The Kier molecular flexibility index (Phi) is 3.35. The summed E-state index contributed by atoms with van der Waals surface area (Å²) in [5.41, 5.74) is -0.133. The van der Waals surface area contributed by atoms with Crippen molar-refractivity contribution >= 4 is 11.7 Å². The number of rotatable bonds is 1. The molecule has 114 valence electrons. The van der Waals surface area contributed by atoms with Crippen molar-refractivity contribution < 1.29 is 18.0 Å². The van der Waals surface area contributed by atoms with Gasteiger partial charge in [-0.3, -0.25) is 9.69 Å². The van der Waals surface area contributed by atoms with E-state index in [1.54, 1.807) is 0 Å². The van der Waals surface area contributed by atoms with Crippen molar-refractivity contribution in [1.82, 2.24) is 15.3 Å². The Morgan fingerprint density at radius 1 is 1.29 bits per heavy atom. The molecule has 0 unspecified atom stereocenters. The van der Waals surface area contributed by atoms with E-state index in [2.05, 4.69) is 15.3 Å². The molecule has 3 heterocycles. The predicted octanol–water partition coefficient (Wildman–Crippen LogP) is 1.60. The minimum atomic E-state index is -4.61. The summed E-state index contributed by atoms with van der Waals surface area (Å²) < 4.78 is 38.0. The minimum Gasteiger partial charge on any atom is -0.317 e. The number of nitrogens with zero attached hydrogens (tertiary/aromatic N) is 3. The number of piperidine rings is 1. The Hall–Kier alpha value is -1.70. The lowest BCUT2D eigenvalue weighted by Crippen LogP contribution is -2.38. The summed E-state index contributed by atoms with van der Waals surface area (Å²) in [6.45, 7) is 2.10. The van der Waals surface area contributed by atoms with E-state index in [4.69, 9.17) is 0 Å². The maximum absolute atomic E-state index is 12.7. The highest BCUT2D eigenvalue weighted by atomic mass is 19.4. The van der Waals surface area contributed by atoms with E-state index in [9.17, 15) is 18.0 Å². The number of amides is 1. The number of carbonyl (C=O) groups excluding carboxylic acids is 1. The highest BCUT2D eigenvalue weighted by molar-refractivity contribution is 5.95. The summed E-state index contributed by atoms with van der Waals surface area (Å²) in [6, 6.07) is 1.35. The lowest BCUT2D eigenvalue weighted by molar-refractivity contribution is -0.145. The number of anilines is 1. The zero-order valence-corrected chi connectivity index (χ0v) is 11.3. The molecule has 5 nitrogen and oxygen atoms in total. The first-order valence-electron chi connectivity index (χ1n) is 6.81. The maximum Gasteiger partial charge on any atom is 0.451 e. The van der Waals surface area contributed by atoms with Gasteiger partial charge in [0.2, 0.25) is 11.7 Å². The van der Waals surface area contributed by atoms with Crippen LogP contribution in [-0.4, -0.2) is 35.5 Å². The van der Waals surface area contributed by atoms with Gasteiger partial charge in [0.15, 0.2) is 0 Å². The van der Waals surface area contributed by atoms with E-state index >= 15 is 0 Å². The molecule has 8 heteroatoms. The van der Waals surface area contributed by atoms with Crippen LogP contribution in [0.5, 0.6) is 0 Å². The third-order valence-electron chi connectivity index (χ3n) is 4.16. The molecule has 0 saturated carbocycles. The summed E-state index contributed by atoms with van der Waals surface area (Å²) in [7, 11) is 0. The fourth-order valence-electron chi connectivity index (χ4n) is 3.03. The van der Waals surface area contributed by atoms with E-state index in [-0.39, 0.29) is 17.1 Å². The average Bonchev–Trinajstić information content (AvgIpc) is 2.75. The smallest absolute Gasteiger partial charge is 0.317 e. The molecule has 3 rings (SSSR count). The number of carbonyl (C=O) groups is 1. The number of aromatic nitrogens is 2. The van der Waals surface area contributed by atoms with Crippen LogP contribution in [0.15, 0.2) is 12.3 Å². The van der Waals surface area contributed by atoms with Crippen molar-refractivity contribution in [3.05, 3.63) is 18.1 Å². The topological polar surface area (TPSA) is 58.1 Å². The third-order valence-corrected chi connectivity index (χ3v) is 4.16. The second-order valence-corrected chi connectivity index (χ2v) is 5.64. The second kappa shape index (κ2) is 4.94. The molecule has 0 radical (unpaired) electrons. The van der Waals surface area contributed by atoms with Crippen molar-refractivity contribution in [2.45, 2.75) is 25.4 Å². The summed E-state index contributed by atoms with van der Waals surface area (Å²) >= 11 is 0. The van der Waals surface area contributed by atoms with Gasteiger partial charge < -0.3 is 5.32 Å². The van der Waals surface area contributed by atoms with Gasteiger partial charge in [-0.1, -0.05) is 0 Å². The summed E-state index contributed by atoms with van der Waals surface area (Å²) in [4.78, 5) is 20.3. The first-order chi connectivity index (χ1) is 9.90. The molecule has 0 bridgehead atoms. The molecule has 0 aliphatic carbocycles. The van der Waals surface area contributed by atoms with Crippen molar-refractivity contribution in [1.29, 1.82) is 0 Å². The van der Waals surface area contributed by atoms with Crippen LogP contribution in [0, 0.1) is 5.41 Å². The van der Waals surface area contributed by atoms with E-state index in [0.29, 0.717) is 13.0 Å². The molecule has 2 aliphatic heterocycles. The quantitative estimate of drug-likeness (QED) is 0.856. The highest BCUT2D eigenvalue weighted by Gasteiger charge is 2.45. The average molecular weight is 300 g/mol. The van der Waals surface area contributed by atoms with Gasteiger partial charge in [-0.15, -0.1) is 0 Å². The van der Waals surface area contributed by atoms with Crippen LogP contribution >= 0.6 is 0 Å². The van der Waals surface area contributed by atoms with Crippen LogP contribution in [0.1, 0.15) is 25.1 Å². The summed E-state index contributed by atoms with van der Waals surface area (Å²) in [5, 5.41) is 3.23. The molecule has 21 heavy (non-hydrogen) atoms. The van der Waals surface area contributed by atoms with Crippen LogP contribution in [0.4, 0.5) is 19.0 Å². The van der Waals surface area contributed by atoms with Crippen molar-refractivity contribution in [2.24, 2.45) is 5.41 Å². The molecular formula is C13H15F3N4O. The van der Waals surface area contributed by atoms with Crippen LogP contribution in [0.25, 0.3) is 0 Å². The zero-order valence-electron chi connectivity index (χ0n) is 11.3.